The van der Waals surface area contributed by atoms with Crippen LogP contribution in [0.25, 0.3) is 16.5 Å². The molecule has 0 aliphatic carbocycles. The maximum Gasteiger partial charge on any atom is 0.262 e. The normalized spacial score (nSPS) is 19.7. The highest BCUT2D eigenvalue weighted by Crippen LogP contribution is 2.29. The zero-order valence-corrected chi connectivity index (χ0v) is 19.6. The topological polar surface area (TPSA) is 57.9 Å². The minimum absolute atomic E-state index is 0.208. The lowest BCUT2D eigenvalue weighted by Gasteiger charge is -2.25. The van der Waals surface area contributed by atoms with Crippen molar-refractivity contribution in [3.63, 3.8) is 0 Å². The van der Waals surface area contributed by atoms with Crippen LogP contribution in [0.4, 0.5) is 10.1 Å². The van der Waals surface area contributed by atoms with Gasteiger partial charge in [-0.15, -0.1) is 0 Å². The summed E-state index contributed by atoms with van der Waals surface area (Å²) in [7, 11) is 0. The van der Waals surface area contributed by atoms with E-state index in [1.165, 1.54) is 23.5 Å². The highest BCUT2D eigenvalue weighted by atomic mass is 19.1. The Morgan fingerprint density at radius 2 is 1.94 bits per heavy atom. The first-order chi connectivity index (χ1) is 16.5. The maximum absolute atomic E-state index is 15.2. The van der Waals surface area contributed by atoms with Crippen LogP contribution in [0.1, 0.15) is 32.6 Å². The van der Waals surface area contributed by atoms with Crippen molar-refractivity contribution in [3.05, 3.63) is 64.8 Å². The van der Waals surface area contributed by atoms with Crippen LogP contribution < -0.4 is 15.2 Å². The van der Waals surface area contributed by atoms with Crippen molar-refractivity contribution in [2.45, 2.75) is 44.8 Å². The Hall–Kier alpha value is -2.90. The number of ether oxygens (including phenoxy) is 1. The number of hydrogen-bond acceptors (Lipinski definition) is 5. The second-order valence-electron chi connectivity index (χ2n) is 9.38. The molecule has 2 fully saturated rings. The van der Waals surface area contributed by atoms with Crippen LogP contribution >= 0.6 is 0 Å². The Bertz CT molecular complexity index is 1220. The molecule has 5 rings (SSSR count). The molecule has 3 aromatic rings. The van der Waals surface area contributed by atoms with Crippen molar-refractivity contribution in [2.24, 2.45) is 0 Å². The fourth-order valence-corrected chi connectivity index (χ4v) is 5.10. The van der Waals surface area contributed by atoms with Crippen molar-refractivity contribution in [3.8, 4) is 11.4 Å². The maximum atomic E-state index is 15.2. The van der Waals surface area contributed by atoms with Gasteiger partial charge in [-0.1, -0.05) is 6.92 Å². The molecule has 0 radical (unpaired) electrons. The Morgan fingerprint density at radius 1 is 1.12 bits per heavy atom. The summed E-state index contributed by atoms with van der Waals surface area (Å²) < 4.78 is 22.3. The van der Waals surface area contributed by atoms with Crippen molar-refractivity contribution >= 4 is 16.5 Å². The number of aromatic nitrogens is 1. The summed E-state index contributed by atoms with van der Waals surface area (Å²) in [6.07, 6.45) is 5.35. The first kappa shape index (κ1) is 22.9. The molecule has 0 unspecified atom stereocenters. The largest absolute Gasteiger partial charge is 0.491 e. The van der Waals surface area contributed by atoms with E-state index in [2.05, 4.69) is 9.80 Å². The van der Waals surface area contributed by atoms with E-state index in [1.807, 2.05) is 19.1 Å². The number of aliphatic hydroxyl groups excluding tert-OH is 1. The van der Waals surface area contributed by atoms with Gasteiger partial charge in [-0.25, -0.2) is 4.39 Å². The van der Waals surface area contributed by atoms with E-state index in [1.54, 1.807) is 30.5 Å². The predicted molar refractivity (Wildman–Crippen MR) is 133 cm³/mol. The van der Waals surface area contributed by atoms with Gasteiger partial charge in [0, 0.05) is 36.8 Å². The zero-order chi connectivity index (χ0) is 23.7. The molecule has 1 N–H and O–H groups in total. The minimum Gasteiger partial charge on any atom is -0.491 e. The molecular formula is C27H32FN3O3. The number of aliphatic hydroxyl groups is 1. The van der Waals surface area contributed by atoms with Crippen molar-refractivity contribution in [1.29, 1.82) is 0 Å². The van der Waals surface area contributed by atoms with Gasteiger partial charge in [0.2, 0.25) is 0 Å². The summed E-state index contributed by atoms with van der Waals surface area (Å²) in [6, 6.07) is 12.6. The molecule has 2 saturated heterocycles. The van der Waals surface area contributed by atoms with E-state index in [-0.39, 0.29) is 18.0 Å². The van der Waals surface area contributed by atoms with Crippen LogP contribution in [-0.2, 0) is 0 Å². The summed E-state index contributed by atoms with van der Waals surface area (Å²) in [6.45, 7) is 6.11. The fraction of sp³-hybridized carbons (Fsp3) is 0.444. The summed E-state index contributed by atoms with van der Waals surface area (Å²) in [5.41, 5.74) is 0.908. The molecule has 180 valence electrons. The molecule has 0 amide bonds. The average molecular weight is 466 g/mol. The smallest absolute Gasteiger partial charge is 0.262 e. The monoisotopic (exact) mass is 465 g/mol. The van der Waals surface area contributed by atoms with Crippen LogP contribution in [0.3, 0.4) is 0 Å². The van der Waals surface area contributed by atoms with E-state index in [0.29, 0.717) is 35.0 Å². The first-order valence-corrected chi connectivity index (χ1v) is 12.3. The summed E-state index contributed by atoms with van der Waals surface area (Å²) >= 11 is 0. The zero-order valence-electron chi connectivity index (χ0n) is 19.6. The first-order valence-electron chi connectivity index (χ1n) is 12.3. The van der Waals surface area contributed by atoms with Gasteiger partial charge < -0.3 is 14.7 Å². The molecule has 6 nitrogen and oxygen atoms in total. The standard InChI is InChI=1S/C27H32FN3O3/c1-2-22(32)18-34-23-6-7-24-19(15-23)9-14-31(27(24)33)20-5-8-26(25(28)16-20)30-13-10-21(17-30)29-11-3-4-12-29/h5-9,14-16,21-22,32H,2-4,10-13,17-18H2,1H3/t21-,22+/m1/s1. The van der Waals surface area contributed by atoms with Gasteiger partial charge in [-0.2, -0.15) is 0 Å². The number of halogens is 1. The SMILES string of the molecule is CC[C@H](O)COc1ccc2c(=O)n(-c3ccc(N4CC[C@@H](N5CCCC5)C4)c(F)c3)ccc2c1. The summed E-state index contributed by atoms with van der Waals surface area (Å²) in [5.74, 6) is 0.301. The quantitative estimate of drug-likeness (QED) is 0.573. The molecule has 0 bridgehead atoms. The number of benzene rings is 2. The second kappa shape index (κ2) is 9.76. The number of pyridine rings is 1. The van der Waals surface area contributed by atoms with Crippen LogP contribution in [0.5, 0.6) is 5.75 Å². The van der Waals surface area contributed by atoms with E-state index in [4.69, 9.17) is 4.74 Å². The van der Waals surface area contributed by atoms with E-state index >= 15 is 4.39 Å². The van der Waals surface area contributed by atoms with Gasteiger partial charge in [0.25, 0.3) is 5.56 Å². The predicted octanol–water partition coefficient (Wildman–Crippen LogP) is 3.95. The number of anilines is 1. The molecule has 2 atom stereocenters. The van der Waals surface area contributed by atoms with Crippen LogP contribution in [0.2, 0.25) is 0 Å². The molecule has 1 aromatic heterocycles. The van der Waals surface area contributed by atoms with Gasteiger partial charge in [0.15, 0.2) is 0 Å². The molecule has 2 aliphatic heterocycles. The van der Waals surface area contributed by atoms with Crippen molar-refractivity contribution in [1.82, 2.24) is 9.47 Å². The van der Waals surface area contributed by atoms with Gasteiger partial charge in [-0.3, -0.25) is 14.3 Å². The van der Waals surface area contributed by atoms with Gasteiger partial charge in [0.05, 0.1) is 17.5 Å². The molecular weight excluding hydrogens is 433 g/mol. The molecule has 2 aromatic carbocycles. The molecule has 3 heterocycles. The number of likely N-dealkylation sites (tertiary alicyclic amines) is 1. The second-order valence-corrected chi connectivity index (χ2v) is 9.38. The highest BCUT2D eigenvalue weighted by molar-refractivity contribution is 5.83. The van der Waals surface area contributed by atoms with Gasteiger partial charge in [-0.05, 0) is 80.6 Å². The Kier molecular flexibility index (Phi) is 6.57. The van der Waals surface area contributed by atoms with Crippen molar-refractivity contribution < 1.29 is 14.2 Å². The Balaban J connectivity index is 1.35. The number of nitrogens with zero attached hydrogens (tertiary/aromatic N) is 3. The molecule has 0 saturated carbocycles. The molecule has 7 heteroatoms. The number of rotatable bonds is 7. The third-order valence-electron chi connectivity index (χ3n) is 7.16. The lowest BCUT2D eigenvalue weighted by molar-refractivity contribution is 0.104. The van der Waals surface area contributed by atoms with E-state index in [0.717, 1.165) is 38.0 Å². The minimum atomic E-state index is -0.520. The fourth-order valence-electron chi connectivity index (χ4n) is 5.10. The van der Waals surface area contributed by atoms with E-state index in [9.17, 15) is 9.90 Å². The Morgan fingerprint density at radius 3 is 2.71 bits per heavy atom. The highest BCUT2D eigenvalue weighted by Gasteiger charge is 2.30. The third-order valence-corrected chi connectivity index (χ3v) is 7.16. The molecule has 34 heavy (non-hydrogen) atoms. The third kappa shape index (κ3) is 4.55. The van der Waals surface area contributed by atoms with Crippen molar-refractivity contribution in [2.75, 3.05) is 37.7 Å². The number of fused-ring (bicyclic) bond motifs is 1. The lowest BCUT2D eigenvalue weighted by atomic mass is 10.1. The van der Waals surface area contributed by atoms with Gasteiger partial charge >= 0.3 is 0 Å². The molecule has 0 spiro atoms. The Labute approximate surface area is 199 Å². The average Bonchev–Trinajstić information content (AvgIpc) is 3.55. The van der Waals surface area contributed by atoms with Crippen LogP contribution in [0, 0.1) is 5.82 Å². The van der Waals surface area contributed by atoms with E-state index < -0.39 is 6.10 Å². The van der Waals surface area contributed by atoms with Crippen LogP contribution in [-0.4, -0.2) is 59.5 Å². The van der Waals surface area contributed by atoms with Gasteiger partial charge in [0.1, 0.15) is 18.2 Å². The lowest BCUT2D eigenvalue weighted by Crippen LogP contribution is -2.35. The summed E-state index contributed by atoms with van der Waals surface area (Å²) in [5, 5.41) is 11.0. The van der Waals surface area contributed by atoms with Crippen LogP contribution in [0.15, 0.2) is 53.5 Å². The summed E-state index contributed by atoms with van der Waals surface area (Å²) in [4.78, 5) is 17.8. The number of hydrogen-bond donors (Lipinski definition) is 1. The molecule has 2 aliphatic rings.